The number of aromatic nitrogens is 2. The van der Waals surface area contributed by atoms with E-state index in [0.29, 0.717) is 23.6 Å². The maximum atomic E-state index is 12.6. The number of rotatable bonds is 6. The van der Waals surface area contributed by atoms with Crippen molar-refractivity contribution in [2.45, 2.75) is 32.5 Å². The first-order valence-corrected chi connectivity index (χ1v) is 8.80. The van der Waals surface area contributed by atoms with E-state index in [1.807, 2.05) is 20.8 Å². The van der Waals surface area contributed by atoms with Crippen molar-refractivity contribution in [3.8, 4) is 0 Å². The van der Waals surface area contributed by atoms with Crippen molar-refractivity contribution in [1.29, 1.82) is 0 Å². The Bertz CT molecular complexity index is 777. The fourth-order valence-corrected chi connectivity index (χ4v) is 4.03. The minimum atomic E-state index is -0.0968. The van der Waals surface area contributed by atoms with E-state index in [1.165, 1.54) is 23.1 Å². The van der Waals surface area contributed by atoms with Crippen LogP contribution in [-0.2, 0) is 11.3 Å². The third-order valence-electron chi connectivity index (χ3n) is 3.35. The van der Waals surface area contributed by atoms with E-state index in [2.05, 4.69) is 16.9 Å². The molecule has 0 saturated heterocycles. The first-order chi connectivity index (χ1) is 10.5. The normalized spacial score (nSPS) is 10.9. The Morgan fingerprint density at radius 3 is 2.86 bits per heavy atom. The third kappa shape index (κ3) is 3.25. The van der Waals surface area contributed by atoms with Gasteiger partial charge in [0.1, 0.15) is 4.83 Å². The molecule has 0 spiro atoms. The standard InChI is InChI=1S/C15H19N3O2S2/c1-5-7-16-11(19)8-21-15-17-13-12(9(3)10(4)22-13)14(20)18(15)6-2/h5H,1,6-8H2,2-4H3,(H,16,19). The average Bonchev–Trinajstić information content (AvgIpc) is 2.78. The van der Waals surface area contributed by atoms with Crippen molar-refractivity contribution < 1.29 is 4.79 Å². The number of hydrogen-bond donors (Lipinski definition) is 1. The van der Waals surface area contributed by atoms with Gasteiger partial charge in [-0.2, -0.15) is 0 Å². The summed E-state index contributed by atoms with van der Waals surface area (Å²) in [6.45, 7) is 10.4. The van der Waals surface area contributed by atoms with Crippen LogP contribution in [-0.4, -0.2) is 27.8 Å². The van der Waals surface area contributed by atoms with Gasteiger partial charge in [-0.05, 0) is 26.3 Å². The first kappa shape index (κ1) is 16.8. The van der Waals surface area contributed by atoms with Gasteiger partial charge in [-0.15, -0.1) is 17.9 Å². The number of nitrogens with zero attached hydrogens (tertiary/aromatic N) is 2. The lowest BCUT2D eigenvalue weighted by Crippen LogP contribution is -2.26. The molecule has 118 valence electrons. The summed E-state index contributed by atoms with van der Waals surface area (Å²) < 4.78 is 1.63. The fraction of sp³-hybridized carbons (Fsp3) is 0.400. The van der Waals surface area contributed by atoms with E-state index >= 15 is 0 Å². The summed E-state index contributed by atoms with van der Waals surface area (Å²) in [5, 5.41) is 4.01. The Balaban J connectivity index is 2.35. The Hall–Kier alpha value is -1.60. The number of fused-ring (bicyclic) bond motifs is 1. The number of nitrogens with one attached hydrogen (secondary N) is 1. The van der Waals surface area contributed by atoms with Gasteiger partial charge in [0.2, 0.25) is 5.91 Å². The molecular weight excluding hydrogens is 318 g/mol. The lowest BCUT2D eigenvalue weighted by molar-refractivity contribution is -0.118. The van der Waals surface area contributed by atoms with Crippen LogP contribution in [0.3, 0.4) is 0 Å². The Labute approximate surface area is 137 Å². The second kappa shape index (κ2) is 7.11. The molecule has 1 N–H and O–H groups in total. The molecule has 0 bridgehead atoms. The highest BCUT2D eigenvalue weighted by Gasteiger charge is 2.16. The van der Waals surface area contributed by atoms with Crippen LogP contribution in [0.1, 0.15) is 17.4 Å². The Morgan fingerprint density at radius 2 is 2.23 bits per heavy atom. The highest BCUT2D eigenvalue weighted by atomic mass is 32.2. The third-order valence-corrected chi connectivity index (χ3v) is 5.42. The van der Waals surface area contributed by atoms with Crippen molar-refractivity contribution in [1.82, 2.24) is 14.9 Å². The molecule has 1 amide bonds. The molecule has 5 nitrogen and oxygen atoms in total. The van der Waals surface area contributed by atoms with Gasteiger partial charge in [0.05, 0.1) is 11.1 Å². The summed E-state index contributed by atoms with van der Waals surface area (Å²) in [4.78, 5) is 30.8. The van der Waals surface area contributed by atoms with Crippen LogP contribution in [0, 0.1) is 13.8 Å². The number of amides is 1. The van der Waals surface area contributed by atoms with Gasteiger partial charge >= 0.3 is 0 Å². The number of carbonyl (C=O) groups is 1. The molecule has 2 heterocycles. The number of thioether (sulfide) groups is 1. The summed E-state index contributed by atoms with van der Waals surface area (Å²) in [5.74, 6) is 0.134. The number of aryl methyl sites for hydroxylation is 2. The number of hydrogen-bond acceptors (Lipinski definition) is 5. The minimum Gasteiger partial charge on any atom is -0.352 e. The average molecular weight is 337 g/mol. The summed E-state index contributed by atoms with van der Waals surface area (Å²) >= 11 is 2.81. The van der Waals surface area contributed by atoms with Crippen LogP contribution in [0.4, 0.5) is 0 Å². The zero-order valence-corrected chi connectivity index (χ0v) is 14.6. The monoisotopic (exact) mass is 337 g/mol. The maximum absolute atomic E-state index is 12.6. The van der Waals surface area contributed by atoms with Crippen molar-refractivity contribution in [2.75, 3.05) is 12.3 Å². The molecule has 0 saturated carbocycles. The molecule has 0 aliphatic rings. The van der Waals surface area contributed by atoms with Gasteiger partial charge in [-0.1, -0.05) is 17.8 Å². The predicted molar refractivity (Wildman–Crippen MR) is 93.0 cm³/mol. The van der Waals surface area contributed by atoms with Crippen molar-refractivity contribution in [3.63, 3.8) is 0 Å². The predicted octanol–water partition coefficient (Wildman–Crippen LogP) is 2.49. The van der Waals surface area contributed by atoms with Gasteiger partial charge in [0.15, 0.2) is 5.16 Å². The van der Waals surface area contributed by atoms with Gasteiger partial charge < -0.3 is 5.32 Å². The fourth-order valence-electron chi connectivity index (χ4n) is 2.06. The van der Waals surface area contributed by atoms with E-state index in [9.17, 15) is 9.59 Å². The first-order valence-electron chi connectivity index (χ1n) is 7.00. The summed E-state index contributed by atoms with van der Waals surface area (Å²) in [6.07, 6.45) is 1.63. The molecule has 2 rings (SSSR count). The lowest BCUT2D eigenvalue weighted by atomic mass is 10.2. The quantitative estimate of drug-likeness (QED) is 0.500. The summed E-state index contributed by atoms with van der Waals surface area (Å²) in [7, 11) is 0. The van der Waals surface area contributed by atoms with Crippen molar-refractivity contribution in [3.05, 3.63) is 33.4 Å². The Morgan fingerprint density at radius 1 is 1.50 bits per heavy atom. The lowest BCUT2D eigenvalue weighted by Gasteiger charge is -2.09. The molecule has 0 aliphatic carbocycles. The maximum Gasteiger partial charge on any atom is 0.263 e. The van der Waals surface area contributed by atoms with Crippen LogP contribution in [0.5, 0.6) is 0 Å². The van der Waals surface area contributed by atoms with Crippen LogP contribution < -0.4 is 10.9 Å². The zero-order chi connectivity index (χ0) is 16.3. The Kier molecular flexibility index (Phi) is 5.42. The molecule has 0 radical (unpaired) electrons. The second-order valence-electron chi connectivity index (χ2n) is 4.79. The second-order valence-corrected chi connectivity index (χ2v) is 6.93. The van der Waals surface area contributed by atoms with E-state index in [0.717, 1.165) is 15.3 Å². The molecule has 22 heavy (non-hydrogen) atoms. The largest absolute Gasteiger partial charge is 0.352 e. The van der Waals surface area contributed by atoms with Crippen LogP contribution in [0.2, 0.25) is 0 Å². The van der Waals surface area contributed by atoms with E-state index in [1.54, 1.807) is 10.6 Å². The van der Waals surface area contributed by atoms with Gasteiger partial charge in [-0.25, -0.2) is 4.98 Å². The molecule has 7 heteroatoms. The van der Waals surface area contributed by atoms with Gasteiger partial charge in [-0.3, -0.25) is 14.2 Å². The van der Waals surface area contributed by atoms with Crippen LogP contribution in [0.15, 0.2) is 22.6 Å². The topological polar surface area (TPSA) is 64.0 Å². The molecule has 0 aliphatic heterocycles. The van der Waals surface area contributed by atoms with Crippen LogP contribution >= 0.6 is 23.1 Å². The number of thiophene rings is 1. The number of carbonyl (C=O) groups excluding carboxylic acids is 1. The molecular formula is C15H19N3O2S2. The zero-order valence-electron chi connectivity index (χ0n) is 12.9. The SMILES string of the molecule is C=CCNC(=O)CSc1nc2sc(C)c(C)c2c(=O)n1CC. The van der Waals surface area contributed by atoms with E-state index in [4.69, 9.17) is 0 Å². The van der Waals surface area contributed by atoms with Crippen LogP contribution in [0.25, 0.3) is 10.2 Å². The summed E-state index contributed by atoms with van der Waals surface area (Å²) in [5.41, 5.74) is 0.975. The molecule has 2 aromatic heterocycles. The van der Waals surface area contributed by atoms with E-state index in [-0.39, 0.29) is 17.2 Å². The molecule has 0 aromatic carbocycles. The highest BCUT2D eigenvalue weighted by molar-refractivity contribution is 7.99. The van der Waals surface area contributed by atoms with Gasteiger partial charge in [0.25, 0.3) is 5.56 Å². The highest BCUT2D eigenvalue weighted by Crippen LogP contribution is 2.28. The minimum absolute atomic E-state index is 0.0247. The molecule has 2 aromatic rings. The molecule has 0 atom stereocenters. The smallest absolute Gasteiger partial charge is 0.263 e. The molecule has 0 fully saturated rings. The van der Waals surface area contributed by atoms with Crippen molar-refractivity contribution in [2.24, 2.45) is 0 Å². The summed E-state index contributed by atoms with van der Waals surface area (Å²) in [6, 6.07) is 0. The van der Waals surface area contributed by atoms with Gasteiger partial charge in [0, 0.05) is 18.0 Å². The molecule has 0 unspecified atom stereocenters. The van der Waals surface area contributed by atoms with Crippen molar-refractivity contribution >= 4 is 39.2 Å². The van der Waals surface area contributed by atoms with E-state index < -0.39 is 0 Å².